The molecule has 6 rings (SSSR count). The molecule has 0 saturated heterocycles. The fourth-order valence-corrected chi connectivity index (χ4v) is 4.78. The van der Waals surface area contributed by atoms with Gasteiger partial charge in [0.05, 0.1) is 35.8 Å². The van der Waals surface area contributed by atoms with E-state index in [1.165, 1.54) is 0 Å². The molecule has 1 aromatic carbocycles. The molecule has 1 fully saturated rings. The molecule has 1 aliphatic heterocycles. The summed E-state index contributed by atoms with van der Waals surface area (Å²) in [6, 6.07) is 9.18. The molecule has 0 unspecified atom stereocenters. The van der Waals surface area contributed by atoms with E-state index in [1.54, 1.807) is 18.1 Å². The number of hydrogen-bond acceptors (Lipinski definition) is 6. The third-order valence-corrected chi connectivity index (χ3v) is 6.56. The smallest absolute Gasteiger partial charge is 0.277 e. The van der Waals surface area contributed by atoms with Crippen molar-refractivity contribution in [2.45, 2.75) is 38.5 Å². The Labute approximate surface area is 194 Å². The maximum Gasteiger partial charge on any atom is 0.277 e. The molecule has 4 heterocycles. The van der Waals surface area contributed by atoms with E-state index in [1.807, 2.05) is 46.5 Å². The van der Waals surface area contributed by atoms with Gasteiger partial charge in [0, 0.05) is 23.9 Å². The molecule has 1 aliphatic carbocycles. The van der Waals surface area contributed by atoms with E-state index < -0.39 is 6.04 Å². The third-order valence-electron chi connectivity index (χ3n) is 6.30. The van der Waals surface area contributed by atoms with Crippen LogP contribution in [-0.4, -0.2) is 37.4 Å². The highest BCUT2D eigenvalue weighted by Crippen LogP contribution is 2.47. The predicted octanol–water partition coefficient (Wildman–Crippen LogP) is 3.70. The molecule has 0 spiro atoms. The van der Waals surface area contributed by atoms with Gasteiger partial charge >= 0.3 is 0 Å². The highest BCUT2D eigenvalue weighted by atomic mass is 35.5. The van der Waals surface area contributed by atoms with Crippen LogP contribution in [0.2, 0.25) is 5.02 Å². The fourth-order valence-electron chi connectivity index (χ4n) is 4.65. The number of aromatic nitrogens is 5. The summed E-state index contributed by atoms with van der Waals surface area (Å²) < 4.78 is 9.16. The average Bonchev–Trinajstić information content (AvgIpc) is 3.38. The molecule has 1 atom stereocenters. The second-order valence-corrected chi connectivity index (χ2v) is 8.98. The van der Waals surface area contributed by atoms with Gasteiger partial charge in [-0.15, -0.1) is 10.2 Å². The van der Waals surface area contributed by atoms with Crippen LogP contribution in [0, 0.1) is 6.92 Å². The minimum Gasteiger partial charge on any atom is -0.396 e. The van der Waals surface area contributed by atoms with E-state index in [2.05, 4.69) is 10.2 Å². The number of methoxy groups -OCH3 is 1. The molecule has 0 radical (unpaired) electrons. The Hall–Kier alpha value is -3.43. The van der Waals surface area contributed by atoms with Crippen molar-refractivity contribution in [3.8, 4) is 0 Å². The minimum absolute atomic E-state index is 0.115. The highest BCUT2D eigenvalue weighted by molar-refractivity contribution is 6.30. The first kappa shape index (κ1) is 20.2. The Morgan fingerprint density at radius 2 is 1.97 bits per heavy atom. The van der Waals surface area contributed by atoms with E-state index in [9.17, 15) is 4.79 Å². The quantitative estimate of drug-likeness (QED) is 0.484. The number of halogens is 1. The third kappa shape index (κ3) is 3.03. The standard InChI is InChI=1S/C23H22ClN7O2/c1-12-26-27-22-17(25)9-16(10-29(12)22)30-20(13-3-5-14(24)6-4-13)19-18(11-33-2)28-31(15-7-8-15)21(19)23(30)32/h3-6,9-10,15,20H,7-8,11,25H2,1-2H3/t20-/m0/s1. The molecular weight excluding hydrogens is 442 g/mol. The second-order valence-electron chi connectivity index (χ2n) is 8.54. The van der Waals surface area contributed by atoms with Crippen molar-refractivity contribution in [3.63, 3.8) is 0 Å². The van der Waals surface area contributed by atoms with E-state index in [0.29, 0.717) is 40.2 Å². The van der Waals surface area contributed by atoms with Crippen molar-refractivity contribution in [3.05, 3.63) is 69.9 Å². The normalized spacial score (nSPS) is 17.8. The summed E-state index contributed by atoms with van der Waals surface area (Å²) in [5, 5.41) is 13.7. The van der Waals surface area contributed by atoms with E-state index in [-0.39, 0.29) is 11.9 Å². The van der Waals surface area contributed by atoms with Crippen molar-refractivity contribution >= 4 is 34.5 Å². The number of benzene rings is 1. The van der Waals surface area contributed by atoms with Gasteiger partial charge in [0.15, 0.2) is 5.65 Å². The lowest BCUT2D eigenvalue weighted by atomic mass is 9.98. The number of aryl methyl sites for hydroxylation is 1. The van der Waals surface area contributed by atoms with Crippen molar-refractivity contribution in [2.24, 2.45) is 0 Å². The number of hydrogen-bond donors (Lipinski definition) is 1. The van der Waals surface area contributed by atoms with Gasteiger partial charge in [-0.05, 0) is 43.5 Å². The Kier molecular flexibility index (Phi) is 4.46. The van der Waals surface area contributed by atoms with Crippen LogP contribution in [0.4, 0.5) is 11.4 Å². The Morgan fingerprint density at radius 3 is 2.67 bits per heavy atom. The number of amides is 1. The Bertz CT molecular complexity index is 1400. The van der Waals surface area contributed by atoms with Crippen molar-refractivity contribution in [2.75, 3.05) is 17.7 Å². The van der Waals surface area contributed by atoms with E-state index in [4.69, 9.17) is 27.2 Å². The van der Waals surface area contributed by atoms with Crippen molar-refractivity contribution in [1.82, 2.24) is 24.4 Å². The van der Waals surface area contributed by atoms with Gasteiger partial charge in [-0.3, -0.25) is 18.8 Å². The zero-order chi connectivity index (χ0) is 22.9. The van der Waals surface area contributed by atoms with Gasteiger partial charge in [0.25, 0.3) is 5.91 Å². The first-order chi connectivity index (χ1) is 16.0. The molecule has 1 amide bonds. The Balaban J connectivity index is 1.60. The van der Waals surface area contributed by atoms with Gasteiger partial charge in [-0.25, -0.2) is 0 Å². The van der Waals surface area contributed by atoms with Crippen LogP contribution in [0.15, 0.2) is 36.5 Å². The minimum atomic E-state index is -0.393. The lowest BCUT2D eigenvalue weighted by Gasteiger charge is -2.27. The lowest BCUT2D eigenvalue weighted by molar-refractivity contribution is 0.0983. The molecule has 1 saturated carbocycles. The molecule has 9 nitrogen and oxygen atoms in total. The zero-order valence-corrected chi connectivity index (χ0v) is 19.0. The van der Waals surface area contributed by atoms with Crippen LogP contribution in [0.25, 0.3) is 5.65 Å². The van der Waals surface area contributed by atoms with Crippen LogP contribution < -0.4 is 10.6 Å². The van der Waals surface area contributed by atoms with Crippen LogP contribution in [-0.2, 0) is 11.3 Å². The fraction of sp³-hybridized carbons (Fsp3) is 0.304. The maximum atomic E-state index is 14.0. The second kappa shape index (κ2) is 7.29. The predicted molar refractivity (Wildman–Crippen MR) is 123 cm³/mol. The molecule has 4 aromatic rings. The Morgan fingerprint density at radius 1 is 1.21 bits per heavy atom. The topological polar surface area (TPSA) is 104 Å². The van der Waals surface area contributed by atoms with Gasteiger partial charge in [0.1, 0.15) is 11.5 Å². The number of ether oxygens (including phenoxy) is 1. The maximum absolute atomic E-state index is 14.0. The molecule has 2 N–H and O–H groups in total. The number of rotatable bonds is 5. The van der Waals surface area contributed by atoms with Gasteiger partial charge < -0.3 is 10.5 Å². The summed E-state index contributed by atoms with van der Waals surface area (Å²) in [6.45, 7) is 2.17. The molecule has 2 aliphatic rings. The molecule has 0 bridgehead atoms. The van der Waals surface area contributed by atoms with E-state index in [0.717, 1.165) is 29.7 Å². The summed E-state index contributed by atoms with van der Waals surface area (Å²) in [7, 11) is 1.64. The summed E-state index contributed by atoms with van der Waals surface area (Å²) in [5.74, 6) is 0.575. The first-order valence-electron chi connectivity index (χ1n) is 10.8. The number of carbonyl (C=O) groups excluding carboxylic acids is 1. The molecular formula is C23H22ClN7O2. The zero-order valence-electron chi connectivity index (χ0n) is 18.2. The SMILES string of the molecule is COCc1nn(C2CC2)c2c1[C@H](c1ccc(Cl)cc1)N(c1cc(N)c3nnc(C)n3c1)C2=O. The van der Waals surface area contributed by atoms with Crippen LogP contribution >= 0.6 is 11.6 Å². The number of anilines is 2. The average molecular weight is 464 g/mol. The van der Waals surface area contributed by atoms with Crippen molar-refractivity contribution < 1.29 is 9.53 Å². The van der Waals surface area contributed by atoms with Gasteiger partial charge in [0.2, 0.25) is 0 Å². The molecule has 10 heteroatoms. The van der Waals surface area contributed by atoms with Gasteiger partial charge in [-0.2, -0.15) is 5.10 Å². The summed E-state index contributed by atoms with van der Waals surface area (Å²) in [4.78, 5) is 15.8. The number of fused-ring (bicyclic) bond motifs is 2. The number of pyridine rings is 1. The van der Waals surface area contributed by atoms with Crippen LogP contribution in [0.3, 0.4) is 0 Å². The number of nitrogen functional groups attached to an aromatic ring is 1. The summed E-state index contributed by atoms with van der Waals surface area (Å²) >= 11 is 6.18. The largest absolute Gasteiger partial charge is 0.396 e. The number of carbonyl (C=O) groups is 1. The summed E-state index contributed by atoms with van der Waals surface area (Å²) in [6.07, 6.45) is 3.88. The number of nitrogens with zero attached hydrogens (tertiary/aromatic N) is 6. The molecule has 33 heavy (non-hydrogen) atoms. The highest BCUT2D eigenvalue weighted by Gasteiger charge is 2.46. The lowest BCUT2D eigenvalue weighted by Crippen LogP contribution is -2.30. The first-order valence-corrected chi connectivity index (χ1v) is 11.2. The van der Waals surface area contributed by atoms with Gasteiger partial charge in [-0.1, -0.05) is 23.7 Å². The summed E-state index contributed by atoms with van der Waals surface area (Å²) in [5.41, 5.74) is 11.2. The van der Waals surface area contributed by atoms with E-state index >= 15 is 0 Å². The molecule has 3 aromatic heterocycles. The monoisotopic (exact) mass is 463 g/mol. The molecule has 168 valence electrons. The van der Waals surface area contributed by atoms with Crippen LogP contribution in [0.1, 0.15) is 58.1 Å². The van der Waals surface area contributed by atoms with Crippen molar-refractivity contribution in [1.29, 1.82) is 0 Å². The van der Waals surface area contributed by atoms with Crippen LogP contribution in [0.5, 0.6) is 0 Å². The number of nitrogens with two attached hydrogens (primary N) is 1.